The molecular weight excluding hydrogens is 574 g/mol. The number of anilines is 1. The van der Waals surface area contributed by atoms with Crippen molar-refractivity contribution >= 4 is 52.2 Å². The number of hydrogen-bond acceptors (Lipinski definition) is 7. The van der Waals surface area contributed by atoms with Crippen molar-refractivity contribution in [1.29, 1.82) is 5.26 Å². The molecule has 2 heterocycles. The predicted molar refractivity (Wildman–Crippen MR) is 162 cm³/mol. The molecule has 0 radical (unpaired) electrons. The van der Waals surface area contributed by atoms with Gasteiger partial charge in [-0.1, -0.05) is 48.0 Å². The predicted octanol–water partition coefficient (Wildman–Crippen LogP) is 5.13. The quantitative estimate of drug-likeness (QED) is 0.261. The van der Waals surface area contributed by atoms with Crippen LogP contribution in [-0.2, 0) is 9.53 Å². The van der Waals surface area contributed by atoms with Gasteiger partial charge in [0.2, 0.25) is 0 Å². The van der Waals surface area contributed by atoms with Gasteiger partial charge in [0.25, 0.3) is 11.5 Å². The van der Waals surface area contributed by atoms with Crippen LogP contribution in [0.25, 0.3) is 28.7 Å². The van der Waals surface area contributed by atoms with Crippen molar-refractivity contribution < 1.29 is 18.7 Å². The maximum absolute atomic E-state index is 13.7. The number of thiazole rings is 1. The smallest absolute Gasteiger partial charge is 0.338 e. The number of halogens is 1. The van der Waals surface area contributed by atoms with Crippen molar-refractivity contribution in [2.45, 2.75) is 6.92 Å². The molecule has 0 aliphatic heterocycles. The van der Waals surface area contributed by atoms with E-state index in [2.05, 4.69) is 5.32 Å². The number of ether oxygens (including phenoxy) is 1. The molecule has 1 N–H and O–H groups in total. The highest BCUT2D eigenvalue weighted by atomic mass is 35.5. The van der Waals surface area contributed by atoms with Crippen LogP contribution in [0.15, 0.2) is 100 Å². The van der Waals surface area contributed by atoms with Crippen LogP contribution in [0.3, 0.4) is 0 Å². The first-order chi connectivity index (χ1) is 20.4. The monoisotopic (exact) mass is 595 g/mol. The molecule has 3 aromatic carbocycles. The summed E-state index contributed by atoms with van der Waals surface area (Å²) in [4.78, 5) is 38.8. The molecule has 0 aliphatic carbocycles. The largest absolute Gasteiger partial charge is 0.462 e. The Morgan fingerprint density at radius 1 is 1.05 bits per heavy atom. The Morgan fingerprint density at radius 3 is 2.50 bits per heavy atom. The Labute approximate surface area is 249 Å². The van der Waals surface area contributed by atoms with Gasteiger partial charge in [0, 0.05) is 22.3 Å². The minimum Gasteiger partial charge on any atom is -0.462 e. The van der Waals surface area contributed by atoms with E-state index in [9.17, 15) is 19.6 Å². The van der Waals surface area contributed by atoms with Gasteiger partial charge in [-0.15, -0.1) is 11.3 Å². The fourth-order valence-corrected chi connectivity index (χ4v) is 5.39. The number of rotatable bonds is 7. The van der Waals surface area contributed by atoms with Crippen LogP contribution < -0.4 is 20.1 Å². The second-order valence-corrected chi connectivity index (χ2v) is 10.3. The van der Waals surface area contributed by atoms with Gasteiger partial charge in [0.05, 0.1) is 22.4 Å². The van der Waals surface area contributed by atoms with Crippen molar-refractivity contribution in [2.75, 3.05) is 11.9 Å². The molecular formula is C32H22ClN3O5S. The summed E-state index contributed by atoms with van der Waals surface area (Å²) in [5.41, 5.74) is 1.42. The van der Waals surface area contributed by atoms with Gasteiger partial charge in [0.1, 0.15) is 22.3 Å². The van der Waals surface area contributed by atoms with Gasteiger partial charge < -0.3 is 14.5 Å². The summed E-state index contributed by atoms with van der Waals surface area (Å²) in [5.74, 6) is -0.159. The second kappa shape index (κ2) is 12.6. The van der Waals surface area contributed by atoms with Crippen molar-refractivity contribution in [3.8, 4) is 23.1 Å². The van der Waals surface area contributed by atoms with E-state index in [0.717, 1.165) is 16.9 Å². The maximum atomic E-state index is 13.7. The van der Waals surface area contributed by atoms with Crippen LogP contribution in [0.5, 0.6) is 0 Å². The zero-order valence-electron chi connectivity index (χ0n) is 22.2. The number of amides is 1. The molecule has 1 amide bonds. The number of nitrogens with one attached hydrogen (secondary N) is 1. The third-order valence-electron chi connectivity index (χ3n) is 6.05. The Balaban J connectivity index is 1.58. The first-order valence-corrected chi connectivity index (χ1v) is 13.9. The summed E-state index contributed by atoms with van der Waals surface area (Å²) in [6.45, 7) is 2.03. The van der Waals surface area contributed by atoms with E-state index in [4.69, 9.17) is 20.8 Å². The molecule has 208 valence electrons. The van der Waals surface area contributed by atoms with Gasteiger partial charge in [-0.3, -0.25) is 14.2 Å². The van der Waals surface area contributed by atoms with Gasteiger partial charge in [0.15, 0.2) is 5.57 Å². The average molecular weight is 596 g/mol. The Hall–Kier alpha value is -5.17. The number of aromatic nitrogens is 1. The van der Waals surface area contributed by atoms with Crippen molar-refractivity contribution in [3.05, 3.63) is 127 Å². The molecule has 0 fully saturated rings. The topological polar surface area (TPSA) is 114 Å². The van der Waals surface area contributed by atoms with Gasteiger partial charge >= 0.3 is 5.97 Å². The molecule has 0 saturated carbocycles. The van der Waals surface area contributed by atoms with E-state index in [1.54, 1.807) is 104 Å². The summed E-state index contributed by atoms with van der Waals surface area (Å²) in [5, 5.41) is 13.1. The third-order valence-corrected chi connectivity index (χ3v) is 7.38. The van der Waals surface area contributed by atoms with Gasteiger partial charge in [-0.2, -0.15) is 5.26 Å². The standard InChI is InChI=1S/C32H22ClN3O5S/c1-2-40-32(39)21-13-11-20(12-14-21)27-16-15-25(41-27)18-28-30(38)36(24-9-4-3-5-10-24)31(42-28)26(19-34)29(37)35-23-8-6-7-22(33)17-23/h3-18H,2H2,1H3,(H,35,37). The molecule has 0 bridgehead atoms. The summed E-state index contributed by atoms with van der Waals surface area (Å²) in [7, 11) is 0. The highest BCUT2D eigenvalue weighted by Gasteiger charge is 2.18. The number of para-hydroxylation sites is 1. The highest BCUT2D eigenvalue weighted by Crippen LogP contribution is 2.23. The first-order valence-electron chi connectivity index (χ1n) is 12.8. The molecule has 2 aromatic heterocycles. The lowest BCUT2D eigenvalue weighted by Crippen LogP contribution is -2.32. The van der Waals surface area contributed by atoms with E-state index in [0.29, 0.717) is 33.5 Å². The number of esters is 1. The fourth-order valence-electron chi connectivity index (χ4n) is 4.12. The number of nitriles is 1. The Morgan fingerprint density at radius 2 is 1.81 bits per heavy atom. The number of carbonyl (C=O) groups excluding carboxylic acids is 2. The van der Waals surface area contributed by atoms with Crippen molar-refractivity contribution in [3.63, 3.8) is 0 Å². The van der Waals surface area contributed by atoms with Crippen LogP contribution in [0.4, 0.5) is 5.69 Å². The lowest BCUT2D eigenvalue weighted by atomic mass is 10.1. The molecule has 0 unspecified atom stereocenters. The Bertz CT molecular complexity index is 2000. The van der Waals surface area contributed by atoms with E-state index in [1.807, 2.05) is 6.07 Å². The highest BCUT2D eigenvalue weighted by molar-refractivity contribution is 7.07. The lowest BCUT2D eigenvalue weighted by molar-refractivity contribution is -0.111. The molecule has 42 heavy (non-hydrogen) atoms. The maximum Gasteiger partial charge on any atom is 0.338 e. The summed E-state index contributed by atoms with van der Waals surface area (Å²) < 4.78 is 12.8. The summed E-state index contributed by atoms with van der Waals surface area (Å²) in [6, 6.07) is 27.5. The van der Waals surface area contributed by atoms with Gasteiger partial charge in [-0.05, 0) is 61.5 Å². The van der Waals surface area contributed by atoms with Crippen LogP contribution in [0.2, 0.25) is 5.02 Å². The van der Waals surface area contributed by atoms with E-state index in [-0.39, 0.29) is 21.4 Å². The average Bonchev–Trinajstić information content (AvgIpc) is 3.58. The van der Waals surface area contributed by atoms with E-state index in [1.165, 1.54) is 4.57 Å². The van der Waals surface area contributed by atoms with Crippen molar-refractivity contribution in [1.82, 2.24) is 4.57 Å². The zero-order valence-corrected chi connectivity index (χ0v) is 23.7. The minimum atomic E-state index is -0.677. The molecule has 0 atom stereocenters. The van der Waals surface area contributed by atoms with Gasteiger partial charge in [-0.25, -0.2) is 4.79 Å². The third kappa shape index (κ3) is 6.10. The van der Waals surface area contributed by atoms with Crippen LogP contribution in [0, 0.1) is 11.3 Å². The minimum absolute atomic E-state index is 0.167. The Kier molecular flexibility index (Phi) is 8.48. The normalized spacial score (nSPS) is 12.0. The summed E-state index contributed by atoms with van der Waals surface area (Å²) >= 11 is 7.04. The molecule has 5 aromatic rings. The fraction of sp³-hybridized carbons (Fsp3) is 0.0625. The molecule has 8 nitrogen and oxygen atoms in total. The SMILES string of the molecule is CCOC(=O)c1ccc(-c2ccc(C=c3sc(=C(C#N)C(=O)Nc4cccc(Cl)c4)n(-c4ccccc4)c3=O)o2)cc1. The second-order valence-electron chi connectivity index (χ2n) is 8.84. The molecule has 0 aliphatic rings. The number of nitrogens with zero attached hydrogens (tertiary/aromatic N) is 2. The summed E-state index contributed by atoms with van der Waals surface area (Å²) in [6.07, 6.45) is 1.57. The van der Waals surface area contributed by atoms with E-state index >= 15 is 0 Å². The lowest BCUT2D eigenvalue weighted by Gasteiger charge is -2.06. The number of benzene rings is 3. The molecule has 0 spiro atoms. The molecule has 0 saturated heterocycles. The molecule has 10 heteroatoms. The number of furan rings is 1. The van der Waals surface area contributed by atoms with Crippen LogP contribution in [-0.4, -0.2) is 23.1 Å². The van der Waals surface area contributed by atoms with Crippen LogP contribution in [0.1, 0.15) is 23.0 Å². The number of carbonyl (C=O) groups is 2. The van der Waals surface area contributed by atoms with Crippen LogP contribution >= 0.6 is 22.9 Å². The van der Waals surface area contributed by atoms with E-state index < -0.39 is 17.4 Å². The molecule has 5 rings (SSSR count). The number of hydrogen-bond donors (Lipinski definition) is 1. The first kappa shape index (κ1) is 28.4. The zero-order chi connectivity index (χ0) is 29.6. The van der Waals surface area contributed by atoms with Crippen molar-refractivity contribution in [2.24, 2.45) is 0 Å².